The van der Waals surface area contributed by atoms with Gasteiger partial charge in [0.15, 0.2) is 5.03 Å². The fourth-order valence-electron chi connectivity index (χ4n) is 1.75. The number of hydrogen-bond acceptors (Lipinski definition) is 4. The van der Waals surface area contributed by atoms with Gasteiger partial charge in [-0.2, -0.15) is 13.5 Å². The molecule has 0 atom stereocenters. The number of sulfonamides is 1. The zero-order valence-electron chi connectivity index (χ0n) is 11.1. The predicted molar refractivity (Wildman–Crippen MR) is 78.3 cm³/mol. The summed E-state index contributed by atoms with van der Waals surface area (Å²) in [5.74, 6) is 0. The third-order valence-electron chi connectivity index (χ3n) is 2.68. The van der Waals surface area contributed by atoms with Crippen LogP contribution in [-0.4, -0.2) is 25.7 Å². The van der Waals surface area contributed by atoms with E-state index in [1.165, 1.54) is 6.20 Å². The highest BCUT2D eigenvalue weighted by atomic mass is 35.5. The van der Waals surface area contributed by atoms with Crippen molar-refractivity contribution in [1.29, 1.82) is 0 Å². The van der Waals surface area contributed by atoms with Crippen molar-refractivity contribution in [2.75, 3.05) is 11.8 Å². The molecule has 0 amide bonds. The summed E-state index contributed by atoms with van der Waals surface area (Å²) in [5, 5.41) is 9.53. The Labute approximate surface area is 122 Å². The summed E-state index contributed by atoms with van der Waals surface area (Å²) in [4.78, 5) is 0. The van der Waals surface area contributed by atoms with Crippen molar-refractivity contribution in [2.45, 2.75) is 18.5 Å². The van der Waals surface area contributed by atoms with Crippen LogP contribution in [-0.2, 0) is 16.6 Å². The molecule has 0 saturated carbocycles. The van der Waals surface area contributed by atoms with Crippen LogP contribution in [0.3, 0.4) is 0 Å². The number of anilines is 1. The van der Waals surface area contributed by atoms with E-state index in [0.717, 1.165) is 5.56 Å². The molecule has 2 rings (SSSR count). The molecule has 1 aromatic carbocycles. The van der Waals surface area contributed by atoms with Gasteiger partial charge in [0.05, 0.1) is 16.9 Å². The smallest absolute Gasteiger partial charge is 0.279 e. The number of nitrogens with one attached hydrogen (secondary N) is 3. The third kappa shape index (κ3) is 3.12. The number of rotatable bonds is 5. The topological polar surface area (TPSA) is 86.9 Å². The molecule has 3 N–H and O–H groups in total. The van der Waals surface area contributed by atoms with Gasteiger partial charge in [0, 0.05) is 12.1 Å². The van der Waals surface area contributed by atoms with Crippen LogP contribution in [0.25, 0.3) is 0 Å². The normalized spacial score (nSPS) is 11.6. The lowest BCUT2D eigenvalue weighted by molar-refractivity contribution is 0.595. The molecular weight excluding hydrogens is 300 g/mol. The maximum Gasteiger partial charge on any atom is 0.279 e. The van der Waals surface area contributed by atoms with Gasteiger partial charge in [0.1, 0.15) is 0 Å². The van der Waals surface area contributed by atoms with Crippen molar-refractivity contribution in [1.82, 2.24) is 15.5 Å². The van der Waals surface area contributed by atoms with E-state index in [-0.39, 0.29) is 5.03 Å². The highest BCUT2D eigenvalue weighted by Gasteiger charge is 2.21. The summed E-state index contributed by atoms with van der Waals surface area (Å²) in [5.41, 5.74) is 1.85. The number of aromatic nitrogens is 2. The minimum atomic E-state index is -3.75. The zero-order valence-corrected chi connectivity index (χ0v) is 12.6. The number of nitrogens with zero attached hydrogens (tertiary/aromatic N) is 1. The van der Waals surface area contributed by atoms with Crippen LogP contribution in [0.2, 0.25) is 5.02 Å². The Kier molecular flexibility index (Phi) is 4.32. The molecule has 0 spiro atoms. The lowest BCUT2D eigenvalue weighted by atomic mass is 10.2. The molecule has 0 radical (unpaired) electrons. The maximum atomic E-state index is 12.3. The van der Waals surface area contributed by atoms with E-state index in [1.807, 2.05) is 6.92 Å². The monoisotopic (exact) mass is 314 g/mol. The first-order valence-corrected chi connectivity index (χ1v) is 7.76. The Bertz CT molecular complexity index is 712. The number of benzene rings is 1. The van der Waals surface area contributed by atoms with Gasteiger partial charge in [-0.05, 0) is 31.7 Å². The van der Waals surface area contributed by atoms with Crippen LogP contribution >= 0.6 is 11.6 Å². The predicted octanol–water partition coefficient (Wildman–Crippen LogP) is 1.89. The highest BCUT2D eigenvalue weighted by Crippen LogP contribution is 2.25. The Hall–Kier alpha value is -1.57. The van der Waals surface area contributed by atoms with Gasteiger partial charge in [-0.1, -0.05) is 17.7 Å². The van der Waals surface area contributed by atoms with Crippen molar-refractivity contribution in [3.8, 4) is 0 Å². The molecule has 0 bridgehead atoms. The molecule has 108 valence electrons. The van der Waals surface area contributed by atoms with Gasteiger partial charge in [-0.15, -0.1) is 0 Å². The van der Waals surface area contributed by atoms with Crippen molar-refractivity contribution < 1.29 is 8.42 Å². The first kappa shape index (κ1) is 14.8. The second-order valence-electron chi connectivity index (χ2n) is 4.34. The van der Waals surface area contributed by atoms with E-state index in [1.54, 1.807) is 25.2 Å². The van der Waals surface area contributed by atoms with Crippen LogP contribution in [0.4, 0.5) is 5.69 Å². The molecule has 0 aliphatic carbocycles. The summed E-state index contributed by atoms with van der Waals surface area (Å²) < 4.78 is 27.1. The van der Waals surface area contributed by atoms with Crippen LogP contribution in [0.15, 0.2) is 29.4 Å². The van der Waals surface area contributed by atoms with Crippen LogP contribution in [0.1, 0.15) is 11.1 Å². The summed E-state index contributed by atoms with van der Waals surface area (Å²) in [7, 11) is -2.02. The van der Waals surface area contributed by atoms with Gasteiger partial charge in [-0.25, -0.2) is 0 Å². The Balaban J connectivity index is 2.33. The Morgan fingerprint density at radius 3 is 2.80 bits per heavy atom. The third-order valence-corrected chi connectivity index (χ3v) is 4.38. The largest absolute Gasteiger partial charge is 0.316 e. The minimum Gasteiger partial charge on any atom is -0.316 e. The van der Waals surface area contributed by atoms with E-state index in [2.05, 4.69) is 20.2 Å². The summed E-state index contributed by atoms with van der Waals surface area (Å²) in [6, 6.07) is 5.11. The van der Waals surface area contributed by atoms with Crippen molar-refractivity contribution >= 4 is 27.3 Å². The van der Waals surface area contributed by atoms with Gasteiger partial charge in [-0.3, -0.25) is 9.82 Å². The summed E-state index contributed by atoms with van der Waals surface area (Å²) in [6.45, 7) is 2.28. The first-order chi connectivity index (χ1) is 9.44. The molecule has 8 heteroatoms. The molecule has 0 unspecified atom stereocenters. The first-order valence-electron chi connectivity index (χ1n) is 5.90. The van der Waals surface area contributed by atoms with E-state index in [0.29, 0.717) is 22.8 Å². The van der Waals surface area contributed by atoms with Crippen LogP contribution in [0.5, 0.6) is 0 Å². The van der Waals surface area contributed by atoms with Gasteiger partial charge >= 0.3 is 0 Å². The fraction of sp³-hybridized carbons (Fsp3) is 0.250. The quantitative estimate of drug-likeness (QED) is 0.786. The lowest BCUT2D eigenvalue weighted by Crippen LogP contribution is -2.17. The lowest BCUT2D eigenvalue weighted by Gasteiger charge is -2.10. The van der Waals surface area contributed by atoms with Crippen molar-refractivity contribution in [2.24, 2.45) is 0 Å². The summed E-state index contributed by atoms with van der Waals surface area (Å²) in [6.07, 6.45) is 1.47. The van der Waals surface area contributed by atoms with Gasteiger partial charge in [0.2, 0.25) is 0 Å². The molecular formula is C12H15ClN4O2S. The number of hydrogen-bond donors (Lipinski definition) is 3. The molecule has 0 fully saturated rings. The fourth-order valence-corrected chi connectivity index (χ4v) is 3.30. The van der Waals surface area contributed by atoms with E-state index in [4.69, 9.17) is 11.6 Å². The zero-order chi connectivity index (χ0) is 14.8. The van der Waals surface area contributed by atoms with E-state index >= 15 is 0 Å². The molecule has 1 aromatic heterocycles. The molecule has 1 heterocycles. The average Bonchev–Trinajstić information content (AvgIpc) is 2.82. The minimum absolute atomic E-state index is 0.0310. The highest BCUT2D eigenvalue weighted by molar-refractivity contribution is 7.92. The van der Waals surface area contributed by atoms with Gasteiger partial charge < -0.3 is 5.32 Å². The number of H-pyrrole nitrogens is 1. The Morgan fingerprint density at radius 1 is 1.40 bits per heavy atom. The number of halogens is 1. The Morgan fingerprint density at radius 2 is 2.15 bits per heavy atom. The number of aromatic amines is 1. The van der Waals surface area contributed by atoms with E-state index < -0.39 is 10.0 Å². The van der Waals surface area contributed by atoms with E-state index in [9.17, 15) is 8.42 Å². The molecule has 0 aliphatic heterocycles. The van der Waals surface area contributed by atoms with Gasteiger partial charge in [0.25, 0.3) is 10.0 Å². The average molecular weight is 315 g/mol. The number of aryl methyl sites for hydroxylation is 1. The summed E-state index contributed by atoms with van der Waals surface area (Å²) >= 11 is 6.03. The SMILES string of the molecule is CNCc1cn[nH]c1S(=O)(=O)Nc1ccc(C)cc1Cl. The second-order valence-corrected chi connectivity index (χ2v) is 6.37. The molecule has 0 saturated heterocycles. The second kappa shape index (κ2) is 5.82. The maximum absolute atomic E-state index is 12.3. The molecule has 2 aromatic rings. The molecule has 20 heavy (non-hydrogen) atoms. The van der Waals surface area contributed by atoms with Crippen LogP contribution < -0.4 is 10.0 Å². The molecule has 0 aliphatic rings. The van der Waals surface area contributed by atoms with Crippen LogP contribution in [0, 0.1) is 6.92 Å². The van der Waals surface area contributed by atoms with Crippen molar-refractivity contribution in [3.63, 3.8) is 0 Å². The molecule has 6 nitrogen and oxygen atoms in total. The van der Waals surface area contributed by atoms with Crippen molar-refractivity contribution in [3.05, 3.63) is 40.5 Å². The standard InChI is InChI=1S/C12H15ClN4O2S/c1-8-3-4-11(10(13)5-8)17-20(18,19)12-9(6-14-2)7-15-16-12/h3-5,7,14,17H,6H2,1-2H3,(H,15,16).